The molecule has 176 valence electrons. The molecule has 0 aliphatic heterocycles. The fourth-order valence-electron chi connectivity index (χ4n) is 3.87. The molecule has 5 nitrogen and oxygen atoms in total. The zero-order valence-corrected chi connectivity index (χ0v) is 19.8. The number of aliphatic carboxylic acids is 1. The topological polar surface area (TPSA) is 62.7 Å². The second kappa shape index (κ2) is 15.3. The summed E-state index contributed by atoms with van der Waals surface area (Å²) < 4.78 is 6.03. The molecule has 0 aliphatic rings. The third kappa shape index (κ3) is 9.71. The molecule has 2 rings (SSSR count). The SMILES string of the molecule is CCCCCCCCCN(CCOc1cccc(CC(CC)C(=O)O)c1)c1ccccn1. The van der Waals surface area contributed by atoms with Crippen LogP contribution < -0.4 is 9.64 Å². The third-order valence-corrected chi connectivity index (χ3v) is 5.86. The highest BCUT2D eigenvalue weighted by molar-refractivity contribution is 5.70. The molecule has 1 N–H and O–H groups in total. The summed E-state index contributed by atoms with van der Waals surface area (Å²) in [5.41, 5.74) is 1.00. The van der Waals surface area contributed by atoms with E-state index in [0.717, 1.165) is 36.6 Å². The molecule has 0 saturated carbocycles. The van der Waals surface area contributed by atoms with E-state index < -0.39 is 5.97 Å². The van der Waals surface area contributed by atoms with Gasteiger partial charge in [-0.05, 0) is 49.1 Å². The third-order valence-electron chi connectivity index (χ3n) is 5.86. The molecule has 1 unspecified atom stereocenters. The largest absolute Gasteiger partial charge is 0.492 e. The van der Waals surface area contributed by atoms with Crippen LogP contribution in [0.1, 0.15) is 70.8 Å². The Morgan fingerprint density at radius 1 is 1.00 bits per heavy atom. The Balaban J connectivity index is 1.84. The summed E-state index contributed by atoms with van der Waals surface area (Å²) in [6, 6.07) is 13.8. The molecule has 0 fully saturated rings. The predicted molar refractivity (Wildman–Crippen MR) is 132 cm³/mol. The number of anilines is 1. The van der Waals surface area contributed by atoms with Gasteiger partial charge < -0.3 is 14.7 Å². The summed E-state index contributed by atoms with van der Waals surface area (Å²) >= 11 is 0. The molecule has 0 saturated heterocycles. The highest BCUT2D eigenvalue weighted by Crippen LogP contribution is 2.19. The van der Waals surface area contributed by atoms with E-state index in [1.165, 1.54) is 38.5 Å². The van der Waals surface area contributed by atoms with Gasteiger partial charge in [0.1, 0.15) is 18.2 Å². The van der Waals surface area contributed by atoms with Crippen LogP contribution in [0.3, 0.4) is 0 Å². The molecule has 32 heavy (non-hydrogen) atoms. The van der Waals surface area contributed by atoms with E-state index in [9.17, 15) is 9.90 Å². The number of pyridine rings is 1. The minimum absolute atomic E-state index is 0.355. The van der Waals surface area contributed by atoms with Gasteiger partial charge in [0.2, 0.25) is 0 Å². The molecule has 0 aliphatic carbocycles. The standard InChI is InChI=1S/C27H40N2O3/c1-3-5-6-7-8-9-12-18-29(26-16-10-11-17-28-26)19-20-32-25-15-13-14-23(22-25)21-24(4-2)27(30)31/h10-11,13-17,22,24H,3-9,12,18-21H2,1-2H3,(H,30,31). The second-order valence-electron chi connectivity index (χ2n) is 8.44. The molecule has 1 aromatic carbocycles. The Morgan fingerprint density at radius 2 is 1.78 bits per heavy atom. The van der Waals surface area contributed by atoms with Crippen molar-refractivity contribution in [2.75, 3.05) is 24.6 Å². The van der Waals surface area contributed by atoms with Gasteiger partial charge >= 0.3 is 5.97 Å². The van der Waals surface area contributed by atoms with Crippen LogP contribution in [0, 0.1) is 5.92 Å². The lowest BCUT2D eigenvalue weighted by atomic mass is 9.97. The molecule has 1 aromatic heterocycles. The highest BCUT2D eigenvalue weighted by Gasteiger charge is 2.16. The maximum absolute atomic E-state index is 11.3. The summed E-state index contributed by atoms with van der Waals surface area (Å²) in [4.78, 5) is 18.2. The Kier molecular flexibility index (Phi) is 12.3. The van der Waals surface area contributed by atoms with E-state index in [4.69, 9.17) is 4.74 Å². The Bertz CT molecular complexity index is 767. The van der Waals surface area contributed by atoms with Crippen LogP contribution >= 0.6 is 0 Å². The first-order valence-corrected chi connectivity index (χ1v) is 12.2. The molecule has 2 aromatic rings. The van der Waals surface area contributed by atoms with Crippen molar-refractivity contribution >= 4 is 11.8 Å². The summed E-state index contributed by atoms with van der Waals surface area (Å²) in [6.45, 7) is 6.47. The zero-order valence-electron chi connectivity index (χ0n) is 19.8. The lowest BCUT2D eigenvalue weighted by molar-refractivity contribution is -0.141. The predicted octanol–water partition coefficient (Wildman–Crippen LogP) is 6.37. The molecule has 0 bridgehead atoms. The smallest absolute Gasteiger partial charge is 0.306 e. The quantitative estimate of drug-likeness (QED) is 0.290. The number of hydrogen-bond donors (Lipinski definition) is 1. The van der Waals surface area contributed by atoms with Crippen LogP contribution in [0.5, 0.6) is 5.75 Å². The summed E-state index contributed by atoms with van der Waals surface area (Å²) in [6.07, 6.45) is 12.0. The van der Waals surface area contributed by atoms with Crippen LogP contribution in [0.2, 0.25) is 0 Å². The van der Waals surface area contributed by atoms with Crippen molar-refractivity contribution in [1.82, 2.24) is 4.98 Å². The normalized spacial score (nSPS) is 11.8. The minimum Gasteiger partial charge on any atom is -0.492 e. The maximum atomic E-state index is 11.3. The fourth-order valence-corrected chi connectivity index (χ4v) is 3.87. The average Bonchev–Trinajstić information content (AvgIpc) is 2.81. The van der Waals surface area contributed by atoms with E-state index in [-0.39, 0.29) is 5.92 Å². The van der Waals surface area contributed by atoms with Crippen molar-refractivity contribution in [2.45, 2.75) is 71.6 Å². The van der Waals surface area contributed by atoms with E-state index in [0.29, 0.717) is 19.4 Å². The van der Waals surface area contributed by atoms with E-state index in [1.807, 2.05) is 49.5 Å². The summed E-state index contributed by atoms with van der Waals surface area (Å²) in [5, 5.41) is 9.31. The molecule has 5 heteroatoms. The van der Waals surface area contributed by atoms with Crippen molar-refractivity contribution in [3.8, 4) is 5.75 Å². The van der Waals surface area contributed by atoms with Gasteiger partial charge in [-0.25, -0.2) is 4.98 Å². The maximum Gasteiger partial charge on any atom is 0.306 e. The van der Waals surface area contributed by atoms with Gasteiger partial charge in [-0.3, -0.25) is 4.79 Å². The number of nitrogens with zero attached hydrogens (tertiary/aromatic N) is 2. The number of aromatic nitrogens is 1. The van der Waals surface area contributed by atoms with Crippen LogP contribution in [0.4, 0.5) is 5.82 Å². The molecule has 0 spiro atoms. The van der Waals surface area contributed by atoms with Gasteiger partial charge in [-0.15, -0.1) is 0 Å². The highest BCUT2D eigenvalue weighted by atomic mass is 16.5. The first-order valence-electron chi connectivity index (χ1n) is 12.2. The Hall–Kier alpha value is -2.56. The Morgan fingerprint density at radius 3 is 2.47 bits per heavy atom. The van der Waals surface area contributed by atoms with E-state index in [1.54, 1.807) is 0 Å². The van der Waals surface area contributed by atoms with Gasteiger partial charge in [0.25, 0.3) is 0 Å². The number of benzene rings is 1. The molecular weight excluding hydrogens is 400 g/mol. The fraction of sp³-hybridized carbons (Fsp3) is 0.556. The number of ether oxygens (including phenoxy) is 1. The number of unbranched alkanes of at least 4 members (excludes halogenated alkanes) is 6. The lowest BCUT2D eigenvalue weighted by Crippen LogP contribution is -2.30. The molecule has 1 atom stereocenters. The van der Waals surface area contributed by atoms with Gasteiger partial charge in [0.15, 0.2) is 0 Å². The Labute approximate surface area is 193 Å². The summed E-state index contributed by atoms with van der Waals surface area (Å²) in [5.74, 6) is 0.685. The summed E-state index contributed by atoms with van der Waals surface area (Å²) in [7, 11) is 0. The lowest BCUT2D eigenvalue weighted by Gasteiger charge is -2.24. The van der Waals surface area contributed by atoms with Crippen LogP contribution in [-0.4, -0.2) is 35.8 Å². The first kappa shape index (κ1) is 25.7. The van der Waals surface area contributed by atoms with Gasteiger partial charge in [0.05, 0.1) is 12.5 Å². The van der Waals surface area contributed by atoms with Gasteiger partial charge in [-0.1, -0.05) is 70.6 Å². The van der Waals surface area contributed by atoms with Crippen molar-refractivity contribution in [3.05, 3.63) is 54.2 Å². The van der Waals surface area contributed by atoms with Crippen molar-refractivity contribution in [3.63, 3.8) is 0 Å². The van der Waals surface area contributed by atoms with E-state index in [2.05, 4.69) is 22.9 Å². The number of carboxylic acid groups (broad SMARTS) is 1. The molecule has 0 amide bonds. The van der Waals surface area contributed by atoms with Gasteiger partial charge in [0, 0.05) is 12.7 Å². The number of hydrogen-bond acceptors (Lipinski definition) is 4. The minimum atomic E-state index is -0.741. The zero-order chi connectivity index (χ0) is 23.0. The molecule has 1 heterocycles. The first-order chi connectivity index (χ1) is 15.6. The molecule has 0 radical (unpaired) electrons. The van der Waals surface area contributed by atoms with Crippen molar-refractivity contribution in [1.29, 1.82) is 0 Å². The number of carboxylic acids is 1. The number of rotatable bonds is 17. The van der Waals surface area contributed by atoms with Crippen LogP contribution in [0.25, 0.3) is 0 Å². The van der Waals surface area contributed by atoms with Crippen molar-refractivity contribution < 1.29 is 14.6 Å². The number of carbonyl (C=O) groups is 1. The van der Waals surface area contributed by atoms with E-state index >= 15 is 0 Å². The second-order valence-corrected chi connectivity index (χ2v) is 8.44. The monoisotopic (exact) mass is 440 g/mol. The van der Waals surface area contributed by atoms with Crippen molar-refractivity contribution in [2.24, 2.45) is 5.92 Å². The molecular formula is C27H40N2O3. The van der Waals surface area contributed by atoms with Crippen LogP contribution in [-0.2, 0) is 11.2 Å². The van der Waals surface area contributed by atoms with Crippen LogP contribution in [0.15, 0.2) is 48.7 Å². The van der Waals surface area contributed by atoms with Gasteiger partial charge in [-0.2, -0.15) is 0 Å². The average molecular weight is 441 g/mol.